The van der Waals surface area contributed by atoms with Crippen molar-refractivity contribution in [2.45, 2.75) is 0 Å². The van der Waals surface area contributed by atoms with Crippen molar-refractivity contribution in [2.24, 2.45) is 0 Å². The van der Waals surface area contributed by atoms with E-state index < -0.39 is 0 Å². The number of nitriles is 1. The number of ether oxygens (including phenoxy) is 1. The molecule has 6 heteroatoms. The van der Waals surface area contributed by atoms with E-state index >= 15 is 0 Å². The first kappa shape index (κ1) is 14.0. The predicted molar refractivity (Wildman–Crippen MR) is 84.9 cm³/mol. The van der Waals surface area contributed by atoms with Crippen molar-refractivity contribution in [1.29, 1.82) is 5.26 Å². The van der Waals surface area contributed by atoms with Gasteiger partial charge < -0.3 is 4.74 Å². The highest BCUT2D eigenvalue weighted by atomic mass is 32.1. The number of amides is 1. The molecule has 0 saturated carbocycles. The van der Waals surface area contributed by atoms with Crippen LogP contribution in [0.1, 0.15) is 4.88 Å². The Balaban J connectivity index is 1.61. The summed E-state index contributed by atoms with van der Waals surface area (Å²) < 4.78 is 5.48. The number of hydrogen-bond acceptors (Lipinski definition) is 5. The van der Waals surface area contributed by atoms with Crippen molar-refractivity contribution in [1.82, 2.24) is 4.98 Å². The summed E-state index contributed by atoms with van der Waals surface area (Å²) in [5.74, 6) is 0.317. The van der Waals surface area contributed by atoms with Crippen molar-refractivity contribution in [3.63, 3.8) is 0 Å². The van der Waals surface area contributed by atoms with Crippen LogP contribution in [-0.4, -0.2) is 17.5 Å². The van der Waals surface area contributed by atoms with Crippen molar-refractivity contribution in [3.8, 4) is 11.8 Å². The van der Waals surface area contributed by atoms with Crippen molar-refractivity contribution < 1.29 is 9.53 Å². The molecule has 1 aromatic heterocycles. The van der Waals surface area contributed by atoms with Crippen molar-refractivity contribution >= 4 is 33.1 Å². The molecule has 1 N–H and O–H groups in total. The molecule has 0 bridgehead atoms. The first-order valence-corrected chi connectivity index (χ1v) is 7.33. The molecule has 1 amide bonds. The minimum absolute atomic E-state index is 0.111. The van der Waals surface area contributed by atoms with Crippen LogP contribution in [0.25, 0.3) is 10.8 Å². The lowest BCUT2D eigenvalue weighted by atomic mass is 10.1. The molecular formula is C16H11N3O2S. The number of rotatable bonds is 4. The predicted octanol–water partition coefficient (Wildman–Crippen LogP) is 3.19. The van der Waals surface area contributed by atoms with Crippen molar-refractivity contribution in [3.05, 3.63) is 53.5 Å². The molecule has 3 rings (SSSR count). The number of hydrogen-bond donors (Lipinski definition) is 1. The van der Waals surface area contributed by atoms with Gasteiger partial charge in [-0.2, -0.15) is 5.26 Å². The minimum atomic E-state index is -0.313. The molecule has 0 spiro atoms. The van der Waals surface area contributed by atoms with E-state index in [1.165, 1.54) is 6.20 Å². The van der Waals surface area contributed by atoms with E-state index in [0.717, 1.165) is 22.1 Å². The molecule has 0 aliphatic rings. The highest BCUT2D eigenvalue weighted by molar-refractivity contribution is 7.16. The fraction of sp³-hybridized carbons (Fsp3) is 0.0625. The van der Waals surface area contributed by atoms with Gasteiger partial charge in [-0.1, -0.05) is 41.7 Å². The zero-order valence-electron chi connectivity index (χ0n) is 11.4. The second-order valence-electron chi connectivity index (χ2n) is 4.49. The Morgan fingerprint density at radius 3 is 2.86 bits per heavy atom. The molecular weight excluding hydrogens is 298 g/mol. The van der Waals surface area contributed by atoms with Gasteiger partial charge in [0.2, 0.25) is 0 Å². The van der Waals surface area contributed by atoms with Gasteiger partial charge in [0, 0.05) is 0 Å². The summed E-state index contributed by atoms with van der Waals surface area (Å²) >= 11 is 1.13. The zero-order valence-corrected chi connectivity index (χ0v) is 12.3. The maximum atomic E-state index is 11.8. The van der Waals surface area contributed by atoms with Crippen molar-refractivity contribution in [2.75, 3.05) is 11.9 Å². The van der Waals surface area contributed by atoms with Gasteiger partial charge in [-0.3, -0.25) is 10.1 Å². The lowest BCUT2D eigenvalue weighted by molar-refractivity contribution is -0.118. The average molecular weight is 309 g/mol. The maximum absolute atomic E-state index is 11.8. The van der Waals surface area contributed by atoms with Gasteiger partial charge in [0.15, 0.2) is 11.7 Å². The van der Waals surface area contributed by atoms with Gasteiger partial charge in [0.1, 0.15) is 16.7 Å². The Labute approximate surface area is 130 Å². The standard InChI is InChI=1S/C16H11N3O2S/c17-8-14-9-18-16(22-14)19-15(20)10-21-13-6-5-11-3-1-2-4-12(11)7-13/h1-7,9H,10H2,(H,18,19,20). The number of benzene rings is 2. The normalized spacial score (nSPS) is 10.1. The quantitative estimate of drug-likeness (QED) is 0.803. The van der Waals surface area contributed by atoms with Crippen LogP contribution in [0.4, 0.5) is 5.13 Å². The number of aromatic nitrogens is 1. The molecule has 0 radical (unpaired) electrons. The topological polar surface area (TPSA) is 75.0 Å². The monoisotopic (exact) mass is 309 g/mol. The summed E-state index contributed by atoms with van der Waals surface area (Å²) in [6.07, 6.45) is 1.42. The molecule has 1 heterocycles. The van der Waals surface area contributed by atoms with Crippen LogP contribution in [0.3, 0.4) is 0 Å². The number of carbonyl (C=O) groups is 1. The van der Waals surface area contributed by atoms with Crippen LogP contribution in [-0.2, 0) is 4.79 Å². The van der Waals surface area contributed by atoms with Gasteiger partial charge in [-0.25, -0.2) is 4.98 Å². The Morgan fingerprint density at radius 2 is 2.09 bits per heavy atom. The molecule has 0 unspecified atom stereocenters. The molecule has 22 heavy (non-hydrogen) atoms. The summed E-state index contributed by atoms with van der Waals surface area (Å²) in [5.41, 5.74) is 0. The minimum Gasteiger partial charge on any atom is -0.484 e. The lowest BCUT2D eigenvalue weighted by Gasteiger charge is -2.07. The highest BCUT2D eigenvalue weighted by Gasteiger charge is 2.07. The molecule has 0 saturated heterocycles. The largest absolute Gasteiger partial charge is 0.484 e. The summed E-state index contributed by atoms with van der Waals surface area (Å²) in [6, 6.07) is 15.6. The van der Waals surface area contributed by atoms with E-state index in [9.17, 15) is 4.79 Å². The molecule has 3 aromatic rings. The molecule has 2 aromatic carbocycles. The smallest absolute Gasteiger partial charge is 0.264 e. The van der Waals surface area contributed by atoms with E-state index in [0.29, 0.717) is 15.8 Å². The zero-order chi connectivity index (χ0) is 15.4. The first-order chi connectivity index (χ1) is 10.7. The fourth-order valence-corrected chi connectivity index (χ4v) is 2.57. The maximum Gasteiger partial charge on any atom is 0.264 e. The Kier molecular flexibility index (Phi) is 3.99. The summed E-state index contributed by atoms with van der Waals surface area (Å²) in [4.78, 5) is 16.2. The van der Waals surface area contributed by atoms with Crippen LogP contribution in [0.15, 0.2) is 48.7 Å². The van der Waals surface area contributed by atoms with Gasteiger partial charge in [0.25, 0.3) is 5.91 Å². The van der Waals surface area contributed by atoms with Crippen LogP contribution in [0.2, 0.25) is 0 Å². The Bertz CT molecular complexity index is 867. The third kappa shape index (κ3) is 3.22. The van der Waals surface area contributed by atoms with Gasteiger partial charge in [-0.05, 0) is 22.9 Å². The summed E-state index contributed by atoms with van der Waals surface area (Å²) in [7, 11) is 0. The van der Waals surface area contributed by atoms with E-state index in [4.69, 9.17) is 10.00 Å². The molecule has 108 valence electrons. The molecule has 0 aliphatic carbocycles. The van der Waals surface area contributed by atoms with Crippen LogP contribution in [0, 0.1) is 11.3 Å². The number of carbonyl (C=O) groups excluding carboxylic acids is 1. The SMILES string of the molecule is N#Cc1cnc(NC(=O)COc2ccc3ccccc3c2)s1. The summed E-state index contributed by atoms with van der Waals surface area (Å²) in [5, 5.41) is 13.9. The second-order valence-corrected chi connectivity index (χ2v) is 5.52. The van der Waals surface area contributed by atoms with E-state index in [-0.39, 0.29) is 12.5 Å². The van der Waals surface area contributed by atoms with Crippen LogP contribution in [0.5, 0.6) is 5.75 Å². The van der Waals surface area contributed by atoms with Crippen LogP contribution < -0.4 is 10.1 Å². The van der Waals surface area contributed by atoms with Gasteiger partial charge in [-0.15, -0.1) is 0 Å². The Morgan fingerprint density at radius 1 is 1.27 bits per heavy atom. The van der Waals surface area contributed by atoms with Crippen LogP contribution >= 0.6 is 11.3 Å². The Hall–Kier alpha value is -2.91. The molecule has 5 nitrogen and oxygen atoms in total. The second kappa shape index (κ2) is 6.24. The highest BCUT2D eigenvalue weighted by Crippen LogP contribution is 2.21. The van der Waals surface area contributed by atoms with Gasteiger partial charge in [0.05, 0.1) is 6.20 Å². The first-order valence-electron chi connectivity index (χ1n) is 6.52. The third-order valence-electron chi connectivity index (χ3n) is 2.95. The lowest BCUT2D eigenvalue weighted by Crippen LogP contribution is -2.19. The molecule has 0 atom stereocenters. The summed E-state index contributed by atoms with van der Waals surface area (Å²) in [6.45, 7) is -0.111. The number of thiazole rings is 1. The molecule has 0 fully saturated rings. The number of nitrogens with zero attached hydrogens (tertiary/aromatic N) is 2. The third-order valence-corrected chi connectivity index (χ3v) is 3.77. The van der Waals surface area contributed by atoms with E-state index in [1.54, 1.807) is 0 Å². The van der Waals surface area contributed by atoms with E-state index in [1.807, 2.05) is 48.5 Å². The number of anilines is 1. The number of fused-ring (bicyclic) bond motifs is 1. The molecule has 0 aliphatic heterocycles. The average Bonchev–Trinajstić information content (AvgIpc) is 3.00. The fourth-order valence-electron chi connectivity index (χ4n) is 1.95. The van der Waals surface area contributed by atoms with E-state index in [2.05, 4.69) is 10.3 Å². The van der Waals surface area contributed by atoms with Gasteiger partial charge >= 0.3 is 0 Å². The number of nitrogens with one attached hydrogen (secondary N) is 1.